The number of tetrazole rings is 1. The standard InChI is InChI=1S/C13H17N5O2/c1-8-12(5-6-20-8)18-13(15-16-17-18)10-7-9(19-2)3-4-11(10)14/h3-4,7-8,12H,5-6,14H2,1-2H3. The molecule has 1 saturated heterocycles. The van der Waals surface area contributed by atoms with Crippen LogP contribution in [0.2, 0.25) is 0 Å². The lowest BCUT2D eigenvalue weighted by Crippen LogP contribution is -2.19. The smallest absolute Gasteiger partial charge is 0.184 e. The number of anilines is 1. The zero-order valence-electron chi connectivity index (χ0n) is 11.5. The predicted molar refractivity (Wildman–Crippen MR) is 73.3 cm³/mol. The van der Waals surface area contributed by atoms with Gasteiger partial charge in [-0.05, 0) is 42.0 Å². The summed E-state index contributed by atoms with van der Waals surface area (Å²) in [7, 11) is 1.62. The fraction of sp³-hybridized carbons (Fsp3) is 0.462. The first-order valence-corrected chi connectivity index (χ1v) is 6.54. The Bertz CT molecular complexity index is 613. The summed E-state index contributed by atoms with van der Waals surface area (Å²) in [5.41, 5.74) is 7.43. The van der Waals surface area contributed by atoms with Crippen molar-refractivity contribution in [1.82, 2.24) is 20.2 Å². The van der Waals surface area contributed by atoms with Gasteiger partial charge in [0.05, 0.1) is 19.3 Å². The van der Waals surface area contributed by atoms with Crippen molar-refractivity contribution in [3.8, 4) is 17.1 Å². The highest BCUT2D eigenvalue weighted by Crippen LogP contribution is 2.32. The highest BCUT2D eigenvalue weighted by atomic mass is 16.5. The normalized spacial score (nSPS) is 22.1. The van der Waals surface area contributed by atoms with Gasteiger partial charge in [-0.3, -0.25) is 0 Å². The SMILES string of the molecule is COc1ccc(N)c(-c2nnnn2C2CCOC2C)c1. The maximum absolute atomic E-state index is 6.04. The molecule has 7 nitrogen and oxygen atoms in total. The fourth-order valence-corrected chi connectivity index (χ4v) is 2.49. The maximum Gasteiger partial charge on any atom is 0.184 e. The Hall–Kier alpha value is -2.15. The van der Waals surface area contributed by atoms with E-state index in [1.165, 1.54) is 0 Å². The van der Waals surface area contributed by atoms with E-state index in [4.69, 9.17) is 15.2 Å². The number of nitrogens with zero attached hydrogens (tertiary/aromatic N) is 4. The topological polar surface area (TPSA) is 88.1 Å². The Labute approximate surface area is 116 Å². The molecule has 0 amide bonds. The first-order valence-electron chi connectivity index (χ1n) is 6.54. The van der Waals surface area contributed by atoms with E-state index in [0.29, 0.717) is 11.5 Å². The van der Waals surface area contributed by atoms with Crippen LogP contribution in [0.5, 0.6) is 5.75 Å². The van der Waals surface area contributed by atoms with Crippen LogP contribution in [-0.2, 0) is 4.74 Å². The maximum atomic E-state index is 6.04. The van der Waals surface area contributed by atoms with E-state index in [1.807, 2.05) is 19.1 Å². The van der Waals surface area contributed by atoms with Gasteiger partial charge in [0.2, 0.25) is 0 Å². The minimum Gasteiger partial charge on any atom is -0.497 e. The average molecular weight is 275 g/mol. The second kappa shape index (κ2) is 5.09. The van der Waals surface area contributed by atoms with Crippen molar-refractivity contribution in [3.63, 3.8) is 0 Å². The molecule has 0 radical (unpaired) electrons. The van der Waals surface area contributed by atoms with Crippen molar-refractivity contribution in [1.29, 1.82) is 0 Å². The third-order valence-electron chi connectivity index (χ3n) is 3.64. The summed E-state index contributed by atoms with van der Waals surface area (Å²) in [6.07, 6.45) is 0.979. The summed E-state index contributed by atoms with van der Waals surface area (Å²) in [5, 5.41) is 12.0. The van der Waals surface area contributed by atoms with E-state index in [1.54, 1.807) is 17.9 Å². The quantitative estimate of drug-likeness (QED) is 0.849. The van der Waals surface area contributed by atoms with Crippen molar-refractivity contribution in [3.05, 3.63) is 18.2 Å². The molecule has 0 aliphatic carbocycles. The van der Waals surface area contributed by atoms with Crippen LogP contribution in [0.25, 0.3) is 11.4 Å². The summed E-state index contributed by atoms with van der Waals surface area (Å²) in [6.45, 7) is 2.75. The van der Waals surface area contributed by atoms with Crippen molar-refractivity contribution in [2.45, 2.75) is 25.5 Å². The molecule has 1 aromatic carbocycles. The Morgan fingerprint density at radius 1 is 1.45 bits per heavy atom. The van der Waals surface area contributed by atoms with Gasteiger partial charge in [-0.15, -0.1) is 5.10 Å². The lowest BCUT2D eigenvalue weighted by Gasteiger charge is -2.16. The van der Waals surface area contributed by atoms with Gasteiger partial charge in [0, 0.05) is 17.9 Å². The molecular formula is C13H17N5O2. The highest BCUT2D eigenvalue weighted by Gasteiger charge is 2.30. The number of aromatic nitrogens is 4. The Balaban J connectivity index is 2.05. The van der Waals surface area contributed by atoms with Gasteiger partial charge in [0.15, 0.2) is 5.82 Å². The van der Waals surface area contributed by atoms with Crippen LogP contribution in [0.4, 0.5) is 5.69 Å². The van der Waals surface area contributed by atoms with Crippen LogP contribution in [0.15, 0.2) is 18.2 Å². The van der Waals surface area contributed by atoms with Crippen LogP contribution in [0.3, 0.4) is 0 Å². The summed E-state index contributed by atoms with van der Waals surface area (Å²) >= 11 is 0. The number of ether oxygens (including phenoxy) is 2. The lowest BCUT2D eigenvalue weighted by molar-refractivity contribution is 0.105. The fourth-order valence-electron chi connectivity index (χ4n) is 2.49. The minimum atomic E-state index is 0.0871. The number of benzene rings is 1. The van der Waals surface area contributed by atoms with Crippen LogP contribution in [-0.4, -0.2) is 40.0 Å². The van der Waals surface area contributed by atoms with Crippen molar-refractivity contribution < 1.29 is 9.47 Å². The molecular weight excluding hydrogens is 258 g/mol. The molecule has 106 valence electrons. The molecule has 1 aromatic heterocycles. The second-order valence-corrected chi connectivity index (χ2v) is 4.83. The van der Waals surface area contributed by atoms with Crippen LogP contribution >= 0.6 is 0 Å². The molecule has 2 aromatic rings. The van der Waals surface area contributed by atoms with E-state index >= 15 is 0 Å². The molecule has 2 unspecified atom stereocenters. The van der Waals surface area contributed by atoms with E-state index in [2.05, 4.69) is 15.5 Å². The van der Waals surface area contributed by atoms with Gasteiger partial charge in [-0.1, -0.05) is 0 Å². The summed E-state index contributed by atoms with van der Waals surface area (Å²) in [4.78, 5) is 0. The molecule has 2 heterocycles. The first kappa shape index (κ1) is 12.9. The minimum absolute atomic E-state index is 0.0871. The molecule has 1 aliphatic heterocycles. The van der Waals surface area contributed by atoms with E-state index in [9.17, 15) is 0 Å². The third-order valence-corrected chi connectivity index (χ3v) is 3.64. The summed E-state index contributed by atoms with van der Waals surface area (Å²) < 4.78 is 12.6. The molecule has 0 spiro atoms. The van der Waals surface area contributed by atoms with E-state index in [-0.39, 0.29) is 12.1 Å². The molecule has 0 saturated carbocycles. The Morgan fingerprint density at radius 3 is 3.00 bits per heavy atom. The number of rotatable bonds is 3. The predicted octanol–water partition coefficient (Wildman–Crippen LogP) is 1.28. The Kier molecular flexibility index (Phi) is 3.27. The van der Waals surface area contributed by atoms with Crippen molar-refractivity contribution in [2.24, 2.45) is 0 Å². The molecule has 2 atom stereocenters. The van der Waals surface area contributed by atoms with Gasteiger partial charge in [-0.25, -0.2) is 4.68 Å². The monoisotopic (exact) mass is 275 g/mol. The van der Waals surface area contributed by atoms with E-state index < -0.39 is 0 Å². The molecule has 1 fully saturated rings. The molecule has 20 heavy (non-hydrogen) atoms. The number of hydrogen-bond acceptors (Lipinski definition) is 6. The Morgan fingerprint density at radius 2 is 2.30 bits per heavy atom. The second-order valence-electron chi connectivity index (χ2n) is 4.83. The highest BCUT2D eigenvalue weighted by molar-refractivity contribution is 5.73. The van der Waals surface area contributed by atoms with Gasteiger partial charge < -0.3 is 15.2 Å². The van der Waals surface area contributed by atoms with Gasteiger partial charge in [0.1, 0.15) is 5.75 Å². The van der Waals surface area contributed by atoms with Gasteiger partial charge in [0.25, 0.3) is 0 Å². The number of nitrogens with two attached hydrogens (primary N) is 1. The average Bonchev–Trinajstić information content (AvgIpc) is 3.07. The van der Waals surface area contributed by atoms with Crippen LogP contribution < -0.4 is 10.5 Å². The number of methoxy groups -OCH3 is 1. The molecule has 2 N–H and O–H groups in total. The van der Waals surface area contributed by atoms with Gasteiger partial charge in [-0.2, -0.15) is 0 Å². The molecule has 3 rings (SSSR count). The lowest BCUT2D eigenvalue weighted by atomic mass is 10.1. The number of hydrogen-bond donors (Lipinski definition) is 1. The first-order chi connectivity index (χ1) is 9.70. The van der Waals surface area contributed by atoms with Crippen molar-refractivity contribution >= 4 is 5.69 Å². The molecule has 7 heteroatoms. The zero-order chi connectivity index (χ0) is 14.1. The summed E-state index contributed by atoms with van der Waals surface area (Å²) in [6, 6.07) is 5.58. The zero-order valence-corrected chi connectivity index (χ0v) is 11.5. The third kappa shape index (κ3) is 2.09. The van der Waals surface area contributed by atoms with Crippen LogP contribution in [0.1, 0.15) is 19.4 Å². The molecule has 1 aliphatic rings. The van der Waals surface area contributed by atoms with Crippen LogP contribution in [0, 0.1) is 0 Å². The van der Waals surface area contributed by atoms with Gasteiger partial charge >= 0.3 is 0 Å². The summed E-state index contributed by atoms with van der Waals surface area (Å²) in [5.74, 6) is 1.36. The largest absolute Gasteiger partial charge is 0.497 e. The van der Waals surface area contributed by atoms with Crippen molar-refractivity contribution in [2.75, 3.05) is 19.5 Å². The van der Waals surface area contributed by atoms with E-state index in [0.717, 1.165) is 24.3 Å². The number of nitrogen functional groups attached to an aromatic ring is 1. The molecule has 0 bridgehead atoms.